The van der Waals surface area contributed by atoms with Crippen molar-refractivity contribution in [1.82, 2.24) is 9.38 Å². The van der Waals surface area contributed by atoms with E-state index in [0.717, 1.165) is 28.9 Å². The number of phenols is 1. The topological polar surface area (TPSA) is 62.2 Å². The SMILES string of the molecule is CCc1ccc(-c2nc3cc(C)ccn3c2N=Nc2ccccc2O)cc1. The van der Waals surface area contributed by atoms with Crippen molar-refractivity contribution in [2.45, 2.75) is 20.3 Å². The Morgan fingerprint density at radius 2 is 1.78 bits per heavy atom. The monoisotopic (exact) mass is 356 g/mol. The highest BCUT2D eigenvalue weighted by Crippen LogP contribution is 2.34. The van der Waals surface area contributed by atoms with Gasteiger partial charge in [0.25, 0.3) is 0 Å². The number of aromatic hydroxyl groups is 1. The second-order valence-electron chi connectivity index (χ2n) is 6.46. The van der Waals surface area contributed by atoms with Crippen molar-refractivity contribution in [2.24, 2.45) is 10.2 Å². The van der Waals surface area contributed by atoms with Gasteiger partial charge >= 0.3 is 0 Å². The van der Waals surface area contributed by atoms with Gasteiger partial charge in [0.05, 0.1) is 0 Å². The van der Waals surface area contributed by atoms with Crippen LogP contribution >= 0.6 is 0 Å². The molecule has 0 radical (unpaired) electrons. The Kier molecular flexibility index (Phi) is 4.42. The van der Waals surface area contributed by atoms with Crippen molar-refractivity contribution in [3.63, 3.8) is 0 Å². The number of nitrogens with zero attached hydrogens (tertiary/aromatic N) is 4. The van der Waals surface area contributed by atoms with Crippen LogP contribution in [0.4, 0.5) is 11.5 Å². The number of rotatable bonds is 4. The van der Waals surface area contributed by atoms with Crippen LogP contribution in [0, 0.1) is 6.92 Å². The smallest absolute Gasteiger partial charge is 0.187 e. The normalized spacial score (nSPS) is 11.5. The molecule has 5 heteroatoms. The van der Waals surface area contributed by atoms with Crippen LogP contribution in [0.25, 0.3) is 16.9 Å². The van der Waals surface area contributed by atoms with Crippen molar-refractivity contribution in [2.75, 3.05) is 0 Å². The van der Waals surface area contributed by atoms with E-state index in [9.17, 15) is 5.11 Å². The fraction of sp³-hybridized carbons (Fsp3) is 0.136. The van der Waals surface area contributed by atoms with E-state index in [2.05, 4.69) is 41.4 Å². The van der Waals surface area contributed by atoms with Crippen LogP contribution in [-0.2, 0) is 6.42 Å². The Bertz CT molecular complexity index is 1130. The molecule has 0 saturated heterocycles. The molecular formula is C22H20N4O. The van der Waals surface area contributed by atoms with Gasteiger partial charge in [0.15, 0.2) is 5.82 Å². The van der Waals surface area contributed by atoms with Crippen LogP contribution in [0.2, 0.25) is 0 Å². The molecule has 2 heterocycles. The maximum atomic E-state index is 9.96. The zero-order valence-corrected chi connectivity index (χ0v) is 15.3. The molecule has 5 nitrogen and oxygen atoms in total. The third kappa shape index (κ3) is 3.31. The first-order valence-corrected chi connectivity index (χ1v) is 8.93. The van der Waals surface area contributed by atoms with E-state index in [1.807, 2.05) is 35.7 Å². The minimum absolute atomic E-state index is 0.0970. The number of hydrogen-bond donors (Lipinski definition) is 1. The second kappa shape index (κ2) is 7.03. The molecule has 0 atom stereocenters. The number of azo groups is 1. The molecule has 2 aromatic heterocycles. The first-order valence-electron chi connectivity index (χ1n) is 8.93. The molecule has 27 heavy (non-hydrogen) atoms. The van der Waals surface area contributed by atoms with E-state index in [1.54, 1.807) is 18.2 Å². The molecule has 0 aliphatic carbocycles. The highest BCUT2D eigenvalue weighted by molar-refractivity contribution is 5.74. The number of fused-ring (bicyclic) bond motifs is 1. The molecule has 0 aliphatic rings. The molecule has 4 aromatic rings. The molecule has 0 unspecified atom stereocenters. The van der Waals surface area contributed by atoms with Crippen molar-refractivity contribution in [1.29, 1.82) is 0 Å². The highest BCUT2D eigenvalue weighted by atomic mass is 16.3. The summed E-state index contributed by atoms with van der Waals surface area (Å²) in [6.45, 7) is 4.17. The Balaban J connectivity index is 1.87. The molecule has 0 fully saturated rings. The van der Waals surface area contributed by atoms with Gasteiger partial charge in [-0.1, -0.05) is 43.3 Å². The van der Waals surface area contributed by atoms with E-state index < -0.39 is 0 Å². The molecule has 134 valence electrons. The van der Waals surface area contributed by atoms with Gasteiger partial charge in [-0.3, -0.25) is 4.40 Å². The molecule has 0 spiro atoms. The van der Waals surface area contributed by atoms with E-state index in [-0.39, 0.29) is 5.75 Å². The van der Waals surface area contributed by atoms with Crippen molar-refractivity contribution in [3.05, 3.63) is 78.0 Å². The van der Waals surface area contributed by atoms with E-state index >= 15 is 0 Å². The van der Waals surface area contributed by atoms with E-state index in [0.29, 0.717) is 11.5 Å². The van der Waals surface area contributed by atoms with Crippen LogP contribution in [0.3, 0.4) is 0 Å². The molecule has 0 saturated carbocycles. The lowest BCUT2D eigenvalue weighted by molar-refractivity contribution is 0.476. The average molecular weight is 356 g/mol. The third-order valence-corrected chi connectivity index (χ3v) is 4.53. The zero-order valence-electron chi connectivity index (χ0n) is 15.3. The van der Waals surface area contributed by atoms with Crippen molar-refractivity contribution < 1.29 is 5.11 Å². The molecule has 4 rings (SSSR count). The lowest BCUT2D eigenvalue weighted by Crippen LogP contribution is -1.84. The number of phenolic OH excluding ortho intramolecular Hbond substituents is 1. The first-order chi connectivity index (χ1) is 13.2. The Morgan fingerprint density at radius 1 is 1.00 bits per heavy atom. The standard InChI is InChI=1S/C22H20N4O/c1-3-16-8-10-17(11-9-16)21-22(25-24-18-6-4-5-7-19(18)27)26-13-12-15(2)14-20(26)23-21/h4-14,27H,3H2,1-2H3. The fourth-order valence-electron chi connectivity index (χ4n) is 2.97. The van der Waals surface area contributed by atoms with Gasteiger partial charge in [0, 0.05) is 11.8 Å². The number of pyridine rings is 1. The van der Waals surface area contributed by atoms with Crippen LogP contribution < -0.4 is 0 Å². The number of benzene rings is 2. The van der Waals surface area contributed by atoms with Gasteiger partial charge in [0.1, 0.15) is 22.8 Å². The van der Waals surface area contributed by atoms with Crippen molar-refractivity contribution >= 4 is 17.2 Å². The molecule has 0 bridgehead atoms. The molecule has 0 aliphatic heterocycles. The number of para-hydroxylation sites is 1. The Hall–Kier alpha value is -3.47. The summed E-state index contributed by atoms with van der Waals surface area (Å²) >= 11 is 0. The Morgan fingerprint density at radius 3 is 2.52 bits per heavy atom. The summed E-state index contributed by atoms with van der Waals surface area (Å²) in [5, 5.41) is 18.7. The number of aromatic nitrogens is 2. The van der Waals surface area contributed by atoms with Crippen LogP contribution in [-0.4, -0.2) is 14.5 Å². The largest absolute Gasteiger partial charge is 0.506 e. The number of imidazole rings is 1. The molecule has 0 amide bonds. The Labute approximate surface area is 157 Å². The van der Waals surface area contributed by atoms with Gasteiger partial charge in [-0.25, -0.2) is 4.98 Å². The summed E-state index contributed by atoms with van der Waals surface area (Å²) in [4.78, 5) is 4.78. The van der Waals surface area contributed by atoms with Crippen molar-refractivity contribution in [3.8, 4) is 17.0 Å². The van der Waals surface area contributed by atoms with Gasteiger partial charge < -0.3 is 5.11 Å². The molecule has 2 aromatic carbocycles. The maximum absolute atomic E-state index is 9.96. The minimum atomic E-state index is 0.0970. The van der Waals surface area contributed by atoms with Gasteiger partial charge in [-0.05, 0) is 48.7 Å². The van der Waals surface area contributed by atoms with E-state index in [1.165, 1.54) is 5.56 Å². The minimum Gasteiger partial charge on any atom is -0.506 e. The number of aryl methyl sites for hydroxylation is 2. The fourth-order valence-corrected chi connectivity index (χ4v) is 2.97. The van der Waals surface area contributed by atoms with Gasteiger partial charge in [-0.2, -0.15) is 0 Å². The predicted octanol–water partition coefficient (Wildman–Crippen LogP) is 5.99. The summed E-state index contributed by atoms with van der Waals surface area (Å²) < 4.78 is 1.92. The summed E-state index contributed by atoms with van der Waals surface area (Å²) in [5.41, 5.74) is 5.39. The van der Waals surface area contributed by atoms with Crippen LogP contribution in [0.15, 0.2) is 77.1 Å². The quantitative estimate of drug-likeness (QED) is 0.456. The zero-order chi connectivity index (χ0) is 18.8. The van der Waals surface area contributed by atoms with Gasteiger partial charge in [-0.15, -0.1) is 10.2 Å². The van der Waals surface area contributed by atoms with Gasteiger partial charge in [0.2, 0.25) is 0 Å². The van der Waals surface area contributed by atoms with E-state index in [4.69, 9.17) is 4.98 Å². The molecule has 1 N–H and O–H groups in total. The van der Waals surface area contributed by atoms with Crippen LogP contribution in [0.1, 0.15) is 18.1 Å². The summed E-state index contributed by atoms with van der Waals surface area (Å²) in [6, 6.07) is 19.3. The highest BCUT2D eigenvalue weighted by Gasteiger charge is 2.14. The second-order valence-corrected chi connectivity index (χ2v) is 6.46. The van der Waals surface area contributed by atoms with Crippen LogP contribution in [0.5, 0.6) is 5.75 Å². The lowest BCUT2D eigenvalue weighted by atomic mass is 10.1. The molecular weight excluding hydrogens is 336 g/mol. The predicted molar refractivity (Wildman–Crippen MR) is 107 cm³/mol. The lowest BCUT2D eigenvalue weighted by Gasteiger charge is -2.02. The summed E-state index contributed by atoms with van der Waals surface area (Å²) in [7, 11) is 0. The average Bonchev–Trinajstić information content (AvgIpc) is 3.05. The summed E-state index contributed by atoms with van der Waals surface area (Å²) in [5.74, 6) is 0.734. The maximum Gasteiger partial charge on any atom is 0.187 e. The summed E-state index contributed by atoms with van der Waals surface area (Å²) in [6.07, 6.45) is 2.94. The number of hydrogen-bond acceptors (Lipinski definition) is 4. The third-order valence-electron chi connectivity index (χ3n) is 4.53. The first kappa shape index (κ1) is 17.0.